The summed E-state index contributed by atoms with van der Waals surface area (Å²) in [4.78, 5) is 14.3. The van der Waals surface area contributed by atoms with Crippen LogP contribution in [0.25, 0.3) is 6.08 Å². The fourth-order valence-corrected chi connectivity index (χ4v) is 4.66. The maximum atomic E-state index is 12.3. The number of carbonyl (C=O) groups is 1. The van der Waals surface area contributed by atoms with E-state index in [0.29, 0.717) is 52.0 Å². The Balaban J connectivity index is 1.64. The number of thioether (sulfide) groups is 1. The predicted octanol–water partition coefficient (Wildman–Crippen LogP) is 6.03. The number of ether oxygens (including phenoxy) is 3. The number of amides is 1. The van der Waals surface area contributed by atoms with E-state index in [0.717, 1.165) is 11.3 Å². The molecule has 8 heteroatoms. The second-order valence-corrected chi connectivity index (χ2v) is 9.46. The van der Waals surface area contributed by atoms with E-state index in [9.17, 15) is 4.79 Å². The van der Waals surface area contributed by atoms with E-state index in [4.69, 9.17) is 38.0 Å². The summed E-state index contributed by atoms with van der Waals surface area (Å²) in [5.74, 6) is 1.75. The zero-order valence-electron chi connectivity index (χ0n) is 18.6. The second kappa shape index (κ2) is 11.1. The molecule has 0 saturated carbocycles. The van der Waals surface area contributed by atoms with E-state index in [2.05, 4.69) is 6.07 Å². The highest BCUT2D eigenvalue weighted by Gasteiger charge is 2.28. The minimum absolute atomic E-state index is 0.127. The number of carbonyl (C=O) groups excluding carboxylic acids is 1. The molecule has 0 radical (unpaired) electrons. The van der Waals surface area contributed by atoms with Crippen molar-refractivity contribution in [3.05, 3.63) is 56.9 Å². The van der Waals surface area contributed by atoms with Crippen LogP contribution < -0.4 is 14.2 Å². The van der Waals surface area contributed by atoms with Gasteiger partial charge in [-0.05, 0) is 67.8 Å². The first kappa shape index (κ1) is 24.4. The average molecular weight is 492 g/mol. The Morgan fingerprint density at radius 3 is 2.38 bits per heavy atom. The molecular weight excluding hydrogens is 466 g/mol. The van der Waals surface area contributed by atoms with Crippen molar-refractivity contribution in [1.82, 2.24) is 4.90 Å². The van der Waals surface area contributed by atoms with Crippen molar-refractivity contribution in [1.29, 1.82) is 0 Å². The van der Waals surface area contributed by atoms with Gasteiger partial charge in [0.1, 0.15) is 10.1 Å². The monoisotopic (exact) mass is 491 g/mol. The third kappa shape index (κ3) is 6.18. The van der Waals surface area contributed by atoms with Gasteiger partial charge in [-0.15, -0.1) is 0 Å². The smallest absolute Gasteiger partial charge is 0.265 e. The van der Waals surface area contributed by atoms with Gasteiger partial charge in [-0.1, -0.05) is 41.6 Å². The Morgan fingerprint density at radius 2 is 1.75 bits per heavy atom. The van der Waals surface area contributed by atoms with E-state index >= 15 is 0 Å². The normalized spacial score (nSPS) is 14.9. The molecule has 5 nitrogen and oxygen atoms in total. The molecule has 0 unspecified atom stereocenters. The molecule has 2 aromatic carbocycles. The molecule has 0 N–H and O–H groups in total. The van der Waals surface area contributed by atoms with Crippen LogP contribution in [-0.4, -0.2) is 42.0 Å². The molecule has 1 amide bonds. The lowest BCUT2D eigenvalue weighted by atomic mass is 10.1. The molecule has 3 rings (SSSR count). The molecule has 32 heavy (non-hydrogen) atoms. The Labute approximate surface area is 203 Å². The predicted molar refractivity (Wildman–Crippen MR) is 135 cm³/mol. The van der Waals surface area contributed by atoms with Crippen LogP contribution in [0.15, 0.2) is 35.2 Å². The molecule has 1 aliphatic heterocycles. The van der Waals surface area contributed by atoms with Crippen molar-refractivity contribution in [2.75, 3.05) is 26.9 Å². The topological polar surface area (TPSA) is 48.0 Å². The van der Waals surface area contributed by atoms with E-state index < -0.39 is 0 Å². The fraction of sp³-hybridized carbons (Fsp3) is 0.333. The van der Waals surface area contributed by atoms with Gasteiger partial charge in [0.05, 0.1) is 29.7 Å². The number of halogens is 1. The fourth-order valence-electron chi connectivity index (χ4n) is 3.21. The van der Waals surface area contributed by atoms with Crippen LogP contribution in [0.4, 0.5) is 0 Å². The van der Waals surface area contributed by atoms with Gasteiger partial charge in [0.25, 0.3) is 5.91 Å². The molecule has 1 heterocycles. The Bertz CT molecular complexity index is 1030. The number of aryl methyl sites for hydroxylation is 2. The van der Waals surface area contributed by atoms with E-state index in [1.807, 2.05) is 39.0 Å². The molecule has 2 aromatic rings. The molecule has 0 spiro atoms. The number of likely N-dealkylation sites (N-methyl/N-ethyl adjacent to an activating group) is 1. The van der Waals surface area contributed by atoms with Crippen molar-refractivity contribution >= 4 is 51.9 Å². The van der Waals surface area contributed by atoms with Crippen LogP contribution in [0, 0.1) is 13.8 Å². The lowest BCUT2D eigenvalue weighted by Gasteiger charge is -2.15. The highest BCUT2D eigenvalue weighted by atomic mass is 35.5. The molecule has 1 fully saturated rings. The maximum absolute atomic E-state index is 12.3. The third-order valence-electron chi connectivity index (χ3n) is 4.62. The Kier molecular flexibility index (Phi) is 8.45. The summed E-state index contributed by atoms with van der Waals surface area (Å²) in [6, 6.07) is 9.72. The molecule has 0 atom stereocenters. The van der Waals surface area contributed by atoms with Crippen LogP contribution in [0.5, 0.6) is 17.2 Å². The molecule has 0 aliphatic carbocycles. The summed E-state index contributed by atoms with van der Waals surface area (Å²) in [6.45, 7) is 7.41. The lowest BCUT2D eigenvalue weighted by molar-refractivity contribution is -0.121. The average Bonchev–Trinajstić information content (AvgIpc) is 2.95. The summed E-state index contributed by atoms with van der Waals surface area (Å²) in [5, 5.41) is 0.421. The zero-order chi connectivity index (χ0) is 23.3. The summed E-state index contributed by atoms with van der Waals surface area (Å²) in [5.41, 5.74) is 3.09. The number of thiocarbonyl (C=S) groups is 1. The number of benzene rings is 2. The summed E-state index contributed by atoms with van der Waals surface area (Å²) in [6.07, 6.45) is 2.45. The minimum Gasteiger partial charge on any atom is -0.493 e. The van der Waals surface area contributed by atoms with Crippen molar-refractivity contribution in [2.24, 2.45) is 0 Å². The first-order valence-electron chi connectivity index (χ1n) is 10.3. The standard InChI is InChI=1S/C24H26ClNO4S2/c1-5-28-20-13-17(14-21-23(27)26(4)24(31)32-21)12-19(25)22(20)30-8-6-7-29-18-10-15(2)9-16(3)11-18/h9-14H,5-8H2,1-4H3/b21-14-. The highest BCUT2D eigenvalue weighted by molar-refractivity contribution is 8.26. The van der Waals surface area contributed by atoms with Gasteiger partial charge in [-0.25, -0.2) is 0 Å². The van der Waals surface area contributed by atoms with Gasteiger partial charge in [-0.2, -0.15) is 0 Å². The Hall–Kier alpha value is -2.22. The second-order valence-electron chi connectivity index (χ2n) is 7.38. The SMILES string of the molecule is CCOc1cc(/C=C2\SC(=S)N(C)C2=O)cc(Cl)c1OCCCOc1cc(C)cc(C)c1. The maximum Gasteiger partial charge on any atom is 0.265 e. The van der Waals surface area contributed by atoms with Crippen LogP contribution in [0.1, 0.15) is 30.0 Å². The number of hydrogen-bond acceptors (Lipinski definition) is 6. The van der Waals surface area contributed by atoms with E-state index in [1.54, 1.807) is 19.2 Å². The first-order valence-corrected chi connectivity index (χ1v) is 11.9. The highest BCUT2D eigenvalue weighted by Crippen LogP contribution is 2.39. The Morgan fingerprint density at radius 1 is 1.06 bits per heavy atom. The van der Waals surface area contributed by atoms with Crippen LogP contribution in [0.2, 0.25) is 5.02 Å². The van der Waals surface area contributed by atoms with E-state index in [1.165, 1.54) is 27.8 Å². The summed E-state index contributed by atoms with van der Waals surface area (Å²) >= 11 is 12.9. The van der Waals surface area contributed by atoms with Gasteiger partial charge in [0.2, 0.25) is 0 Å². The van der Waals surface area contributed by atoms with Gasteiger partial charge >= 0.3 is 0 Å². The quantitative estimate of drug-likeness (QED) is 0.242. The molecular formula is C24H26ClNO4S2. The van der Waals surface area contributed by atoms with Crippen molar-refractivity contribution in [3.8, 4) is 17.2 Å². The third-order valence-corrected chi connectivity index (χ3v) is 6.38. The van der Waals surface area contributed by atoms with Crippen LogP contribution >= 0.6 is 35.6 Å². The largest absolute Gasteiger partial charge is 0.493 e. The number of rotatable bonds is 9. The first-order chi connectivity index (χ1) is 15.3. The van der Waals surface area contributed by atoms with Crippen LogP contribution in [0.3, 0.4) is 0 Å². The number of nitrogens with zero attached hydrogens (tertiary/aromatic N) is 1. The van der Waals surface area contributed by atoms with Gasteiger partial charge in [-0.3, -0.25) is 9.69 Å². The molecule has 1 saturated heterocycles. The van der Waals surface area contributed by atoms with Gasteiger partial charge < -0.3 is 14.2 Å². The lowest BCUT2D eigenvalue weighted by Crippen LogP contribution is -2.22. The van der Waals surface area contributed by atoms with Crippen LogP contribution in [-0.2, 0) is 4.79 Å². The van der Waals surface area contributed by atoms with Gasteiger partial charge in [0, 0.05) is 13.5 Å². The van der Waals surface area contributed by atoms with Gasteiger partial charge in [0.15, 0.2) is 11.5 Å². The molecule has 170 valence electrons. The zero-order valence-corrected chi connectivity index (χ0v) is 21.0. The van der Waals surface area contributed by atoms with Crippen molar-refractivity contribution < 1.29 is 19.0 Å². The van der Waals surface area contributed by atoms with Crippen molar-refractivity contribution in [3.63, 3.8) is 0 Å². The molecule has 0 aromatic heterocycles. The minimum atomic E-state index is -0.127. The van der Waals surface area contributed by atoms with Crippen molar-refractivity contribution in [2.45, 2.75) is 27.2 Å². The van der Waals surface area contributed by atoms with E-state index in [-0.39, 0.29) is 5.91 Å². The summed E-state index contributed by atoms with van der Waals surface area (Å²) in [7, 11) is 1.66. The molecule has 0 bridgehead atoms. The number of hydrogen-bond donors (Lipinski definition) is 0. The summed E-state index contributed by atoms with van der Waals surface area (Å²) < 4.78 is 18.0. The molecule has 1 aliphatic rings.